The molecule has 0 radical (unpaired) electrons. The van der Waals surface area contributed by atoms with E-state index in [1.807, 2.05) is 13.0 Å². The third kappa shape index (κ3) is 2.33. The van der Waals surface area contributed by atoms with Crippen LogP contribution in [0.3, 0.4) is 0 Å². The van der Waals surface area contributed by atoms with Crippen molar-refractivity contribution in [1.29, 1.82) is 0 Å². The second-order valence-electron chi connectivity index (χ2n) is 3.08. The normalized spacial score (nSPS) is 10.3. The van der Waals surface area contributed by atoms with Crippen LogP contribution in [0.15, 0.2) is 23.1 Å². The second-order valence-corrected chi connectivity index (χ2v) is 3.99. The summed E-state index contributed by atoms with van der Waals surface area (Å²) in [4.78, 5) is 8.08. The summed E-state index contributed by atoms with van der Waals surface area (Å²) in [5.74, 6) is 0.518. The summed E-state index contributed by atoms with van der Waals surface area (Å²) in [5, 5.41) is 4.00. The van der Waals surface area contributed by atoms with Crippen LogP contribution in [0.25, 0.3) is 0 Å². The van der Waals surface area contributed by atoms with Crippen molar-refractivity contribution in [2.24, 2.45) is 7.05 Å². The maximum atomic E-state index is 5.41. The minimum atomic E-state index is 0.301. The molecule has 0 saturated heterocycles. The standard InChI is InChI=1S/C9H9BrN4O/c1-6-3-7(10)4-11-8(6)15-9-12-5-14(2)13-9/h3-5H,1-2H3. The maximum absolute atomic E-state index is 5.41. The molecule has 0 fully saturated rings. The molecular formula is C9H9BrN4O. The molecule has 0 saturated carbocycles. The Labute approximate surface area is 95.2 Å². The van der Waals surface area contributed by atoms with Crippen LogP contribution < -0.4 is 4.74 Å². The number of hydrogen-bond donors (Lipinski definition) is 0. The Bertz CT molecular complexity index is 483. The highest BCUT2D eigenvalue weighted by atomic mass is 79.9. The molecule has 0 atom stereocenters. The molecule has 15 heavy (non-hydrogen) atoms. The Balaban J connectivity index is 2.24. The first-order valence-electron chi connectivity index (χ1n) is 4.31. The van der Waals surface area contributed by atoms with Gasteiger partial charge in [-0.05, 0) is 28.9 Å². The van der Waals surface area contributed by atoms with E-state index < -0.39 is 0 Å². The lowest BCUT2D eigenvalue weighted by Crippen LogP contribution is -1.94. The molecule has 0 aliphatic carbocycles. The molecule has 0 spiro atoms. The molecule has 2 aromatic heterocycles. The number of ether oxygens (including phenoxy) is 1. The van der Waals surface area contributed by atoms with Gasteiger partial charge >= 0.3 is 6.01 Å². The van der Waals surface area contributed by atoms with Crippen molar-refractivity contribution < 1.29 is 4.74 Å². The van der Waals surface area contributed by atoms with Crippen molar-refractivity contribution in [1.82, 2.24) is 19.7 Å². The van der Waals surface area contributed by atoms with Crippen molar-refractivity contribution >= 4 is 15.9 Å². The number of rotatable bonds is 2. The highest BCUT2D eigenvalue weighted by molar-refractivity contribution is 9.10. The lowest BCUT2D eigenvalue weighted by atomic mass is 10.3. The molecule has 0 aromatic carbocycles. The van der Waals surface area contributed by atoms with E-state index in [4.69, 9.17) is 4.74 Å². The fourth-order valence-electron chi connectivity index (χ4n) is 1.09. The predicted molar refractivity (Wildman–Crippen MR) is 57.8 cm³/mol. The van der Waals surface area contributed by atoms with Crippen LogP contribution in [-0.4, -0.2) is 19.7 Å². The largest absolute Gasteiger partial charge is 0.404 e. The topological polar surface area (TPSA) is 52.8 Å². The first kappa shape index (κ1) is 10.1. The van der Waals surface area contributed by atoms with Gasteiger partial charge in [-0.3, -0.25) is 4.68 Å². The first-order chi connectivity index (χ1) is 7.15. The number of pyridine rings is 1. The molecule has 0 unspecified atom stereocenters. The van der Waals surface area contributed by atoms with Gasteiger partial charge in [0.2, 0.25) is 5.88 Å². The second kappa shape index (κ2) is 3.98. The van der Waals surface area contributed by atoms with Gasteiger partial charge in [0.25, 0.3) is 0 Å². The summed E-state index contributed by atoms with van der Waals surface area (Å²) >= 11 is 3.33. The summed E-state index contributed by atoms with van der Waals surface area (Å²) in [6.07, 6.45) is 3.24. The zero-order valence-corrected chi connectivity index (χ0v) is 9.89. The summed E-state index contributed by atoms with van der Waals surface area (Å²) in [5.41, 5.74) is 0.928. The predicted octanol–water partition coefficient (Wildman–Crippen LogP) is 2.07. The van der Waals surface area contributed by atoms with Crippen LogP contribution in [-0.2, 0) is 7.05 Å². The Morgan fingerprint density at radius 2 is 2.20 bits per heavy atom. The molecule has 0 aliphatic heterocycles. The van der Waals surface area contributed by atoms with Crippen LogP contribution in [0, 0.1) is 6.92 Å². The first-order valence-corrected chi connectivity index (χ1v) is 5.10. The van der Waals surface area contributed by atoms with Gasteiger partial charge in [-0.1, -0.05) is 0 Å². The quantitative estimate of drug-likeness (QED) is 0.837. The van der Waals surface area contributed by atoms with Crippen molar-refractivity contribution in [3.05, 3.63) is 28.6 Å². The van der Waals surface area contributed by atoms with E-state index in [0.717, 1.165) is 10.0 Å². The molecule has 2 rings (SSSR count). The smallest absolute Gasteiger partial charge is 0.342 e. The molecule has 6 heteroatoms. The number of aryl methyl sites for hydroxylation is 2. The fourth-order valence-corrected chi connectivity index (χ4v) is 1.53. The van der Waals surface area contributed by atoms with Crippen LogP contribution in [0.2, 0.25) is 0 Å². The molecular weight excluding hydrogens is 260 g/mol. The SMILES string of the molecule is Cc1cc(Br)cnc1Oc1ncn(C)n1. The number of halogens is 1. The lowest BCUT2D eigenvalue weighted by molar-refractivity contribution is 0.419. The monoisotopic (exact) mass is 268 g/mol. The maximum Gasteiger partial charge on any atom is 0.342 e. The van der Waals surface area contributed by atoms with Gasteiger partial charge in [-0.15, -0.1) is 5.10 Å². The number of hydrogen-bond acceptors (Lipinski definition) is 4. The molecule has 78 valence electrons. The minimum Gasteiger partial charge on any atom is -0.404 e. The van der Waals surface area contributed by atoms with E-state index in [1.54, 1.807) is 24.3 Å². The van der Waals surface area contributed by atoms with Gasteiger partial charge in [0, 0.05) is 23.3 Å². The average Bonchev–Trinajstić information content (AvgIpc) is 2.56. The van der Waals surface area contributed by atoms with Gasteiger partial charge in [0.15, 0.2) is 0 Å². The van der Waals surface area contributed by atoms with Crippen LogP contribution in [0.1, 0.15) is 5.56 Å². The summed E-state index contributed by atoms with van der Waals surface area (Å²) in [6.45, 7) is 1.91. The third-order valence-electron chi connectivity index (χ3n) is 1.76. The van der Waals surface area contributed by atoms with Gasteiger partial charge in [0.1, 0.15) is 6.33 Å². The van der Waals surface area contributed by atoms with E-state index in [1.165, 1.54) is 0 Å². The highest BCUT2D eigenvalue weighted by Gasteiger charge is 2.06. The molecule has 0 aliphatic rings. The minimum absolute atomic E-state index is 0.301. The zero-order chi connectivity index (χ0) is 10.8. The summed E-state index contributed by atoms with van der Waals surface area (Å²) < 4.78 is 7.90. The molecule has 0 amide bonds. The van der Waals surface area contributed by atoms with Crippen molar-refractivity contribution in [2.75, 3.05) is 0 Å². The molecule has 2 aromatic rings. The Morgan fingerprint density at radius 3 is 2.80 bits per heavy atom. The average molecular weight is 269 g/mol. The molecule has 0 N–H and O–H groups in total. The highest BCUT2D eigenvalue weighted by Crippen LogP contribution is 2.21. The van der Waals surface area contributed by atoms with Crippen LogP contribution in [0.5, 0.6) is 11.9 Å². The summed E-state index contributed by atoms with van der Waals surface area (Å²) in [7, 11) is 1.78. The van der Waals surface area contributed by atoms with E-state index in [2.05, 4.69) is 31.0 Å². The fraction of sp³-hybridized carbons (Fsp3) is 0.222. The van der Waals surface area contributed by atoms with Crippen molar-refractivity contribution in [3.63, 3.8) is 0 Å². The zero-order valence-electron chi connectivity index (χ0n) is 8.31. The van der Waals surface area contributed by atoms with Gasteiger partial charge < -0.3 is 4.74 Å². The Hall–Kier alpha value is -1.43. The van der Waals surface area contributed by atoms with E-state index in [9.17, 15) is 0 Å². The number of aromatic nitrogens is 4. The lowest BCUT2D eigenvalue weighted by Gasteiger charge is -2.03. The number of nitrogens with zero attached hydrogens (tertiary/aromatic N) is 4. The third-order valence-corrected chi connectivity index (χ3v) is 2.20. The van der Waals surface area contributed by atoms with Crippen molar-refractivity contribution in [2.45, 2.75) is 6.92 Å². The van der Waals surface area contributed by atoms with E-state index >= 15 is 0 Å². The molecule has 2 heterocycles. The summed E-state index contributed by atoms with van der Waals surface area (Å²) in [6, 6.07) is 2.22. The Kier molecular flexibility index (Phi) is 2.68. The van der Waals surface area contributed by atoms with Gasteiger partial charge in [0.05, 0.1) is 0 Å². The van der Waals surface area contributed by atoms with Crippen LogP contribution >= 0.6 is 15.9 Å². The van der Waals surface area contributed by atoms with Crippen molar-refractivity contribution in [3.8, 4) is 11.9 Å². The Morgan fingerprint density at radius 1 is 1.40 bits per heavy atom. The molecule has 5 nitrogen and oxygen atoms in total. The van der Waals surface area contributed by atoms with E-state index in [0.29, 0.717) is 11.9 Å². The van der Waals surface area contributed by atoms with Gasteiger partial charge in [-0.25, -0.2) is 4.98 Å². The van der Waals surface area contributed by atoms with Crippen LogP contribution in [0.4, 0.5) is 0 Å². The van der Waals surface area contributed by atoms with Gasteiger partial charge in [-0.2, -0.15) is 4.98 Å². The van der Waals surface area contributed by atoms with E-state index in [-0.39, 0.29) is 0 Å². The molecule has 0 bridgehead atoms.